The highest BCUT2D eigenvalue weighted by Gasteiger charge is 2.28. The van der Waals surface area contributed by atoms with Crippen LogP contribution in [-0.4, -0.2) is 49.4 Å². The van der Waals surface area contributed by atoms with Gasteiger partial charge < -0.3 is 16.1 Å². The lowest BCUT2D eigenvalue weighted by Crippen LogP contribution is -2.50. The molecular formula is C16H21FN6O2S. The van der Waals surface area contributed by atoms with Crippen molar-refractivity contribution in [3.63, 3.8) is 0 Å². The first kappa shape index (κ1) is 19.7. The van der Waals surface area contributed by atoms with Crippen LogP contribution in [0.5, 0.6) is 0 Å². The Kier molecular flexibility index (Phi) is 6.19. The lowest BCUT2D eigenvalue weighted by atomic mass is 10.1. The molecule has 1 aromatic heterocycles. The number of nitrogens with one attached hydrogen (secondary N) is 1. The van der Waals surface area contributed by atoms with Crippen molar-refractivity contribution >= 4 is 29.3 Å². The standard InChI is InChI=1S/C16H21FN6O2S/c1-16(2,3)22(14(25)9-26-15-21-19-10-23(15)18)8-13(24)20-12-6-4-11(17)5-7-12/h4-7,10H,8-9,18H2,1-3H3,(H,20,24). The topological polar surface area (TPSA) is 106 Å². The van der Waals surface area contributed by atoms with Crippen molar-refractivity contribution in [1.82, 2.24) is 19.8 Å². The number of carbonyl (C=O) groups excluding carboxylic acids is 2. The van der Waals surface area contributed by atoms with E-state index in [4.69, 9.17) is 5.84 Å². The third kappa shape index (κ3) is 5.45. The van der Waals surface area contributed by atoms with E-state index in [2.05, 4.69) is 15.5 Å². The van der Waals surface area contributed by atoms with Gasteiger partial charge in [-0.3, -0.25) is 9.59 Å². The molecule has 0 unspecified atom stereocenters. The minimum absolute atomic E-state index is 0.0665. The number of amides is 2. The molecule has 8 nitrogen and oxygen atoms in total. The number of thioether (sulfide) groups is 1. The molecule has 0 aliphatic rings. The lowest BCUT2D eigenvalue weighted by Gasteiger charge is -2.35. The highest BCUT2D eigenvalue weighted by molar-refractivity contribution is 7.99. The molecule has 1 aromatic carbocycles. The molecule has 1 heterocycles. The van der Waals surface area contributed by atoms with Crippen LogP contribution >= 0.6 is 11.8 Å². The van der Waals surface area contributed by atoms with Gasteiger partial charge in [-0.15, -0.1) is 10.2 Å². The van der Waals surface area contributed by atoms with Gasteiger partial charge in [-0.1, -0.05) is 11.8 Å². The molecular weight excluding hydrogens is 359 g/mol. The minimum atomic E-state index is -0.561. The zero-order valence-electron chi connectivity index (χ0n) is 14.8. The Morgan fingerprint density at radius 1 is 1.31 bits per heavy atom. The number of rotatable bonds is 6. The summed E-state index contributed by atoms with van der Waals surface area (Å²) in [6.07, 6.45) is 1.34. The Balaban J connectivity index is 1.99. The number of halogens is 1. The maximum absolute atomic E-state index is 12.9. The van der Waals surface area contributed by atoms with Crippen LogP contribution in [0.1, 0.15) is 20.8 Å². The zero-order chi connectivity index (χ0) is 19.3. The quantitative estimate of drug-likeness (QED) is 0.581. The van der Waals surface area contributed by atoms with Crippen LogP contribution in [0, 0.1) is 5.82 Å². The molecule has 0 fully saturated rings. The summed E-state index contributed by atoms with van der Waals surface area (Å²) in [5, 5.41) is 10.5. The number of hydrogen-bond donors (Lipinski definition) is 2. The molecule has 0 saturated heterocycles. The fraction of sp³-hybridized carbons (Fsp3) is 0.375. The molecule has 3 N–H and O–H groups in total. The van der Waals surface area contributed by atoms with E-state index in [1.165, 1.54) is 40.2 Å². The number of nitrogens with two attached hydrogens (primary N) is 1. The smallest absolute Gasteiger partial charge is 0.244 e. The second-order valence-corrected chi connectivity index (χ2v) is 7.46. The molecule has 0 spiro atoms. The van der Waals surface area contributed by atoms with E-state index in [1.807, 2.05) is 20.8 Å². The highest BCUT2D eigenvalue weighted by Crippen LogP contribution is 2.19. The number of anilines is 1. The van der Waals surface area contributed by atoms with Gasteiger partial charge in [-0.25, -0.2) is 9.07 Å². The van der Waals surface area contributed by atoms with Gasteiger partial charge in [0.25, 0.3) is 0 Å². The summed E-state index contributed by atoms with van der Waals surface area (Å²) in [6, 6.07) is 5.42. The summed E-state index contributed by atoms with van der Waals surface area (Å²) in [7, 11) is 0. The van der Waals surface area contributed by atoms with Gasteiger partial charge in [0.15, 0.2) is 0 Å². The minimum Gasteiger partial charge on any atom is -0.336 e. The number of nitrogen functional groups attached to an aromatic ring is 1. The van der Waals surface area contributed by atoms with Crippen LogP contribution in [-0.2, 0) is 9.59 Å². The summed E-state index contributed by atoms with van der Waals surface area (Å²) >= 11 is 1.14. The van der Waals surface area contributed by atoms with Gasteiger partial charge in [-0.05, 0) is 45.0 Å². The normalized spacial score (nSPS) is 11.2. The number of hydrogen-bond acceptors (Lipinski definition) is 6. The van der Waals surface area contributed by atoms with Crippen LogP contribution < -0.4 is 11.2 Å². The fourth-order valence-electron chi connectivity index (χ4n) is 2.12. The van der Waals surface area contributed by atoms with E-state index in [1.54, 1.807) is 0 Å². The van der Waals surface area contributed by atoms with E-state index < -0.39 is 5.54 Å². The SMILES string of the molecule is CC(C)(C)N(CC(=O)Nc1ccc(F)cc1)C(=O)CSc1nncn1N. The van der Waals surface area contributed by atoms with E-state index in [-0.39, 0.29) is 29.9 Å². The largest absolute Gasteiger partial charge is 0.336 e. The molecule has 140 valence electrons. The van der Waals surface area contributed by atoms with Crippen LogP contribution in [0.25, 0.3) is 0 Å². The van der Waals surface area contributed by atoms with Crippen LogP contribution in [0.4, 0.5) is 10.1 Å². The Labute approximate surface area is 154 Å². The average Bonchev–Trinajstić information content (AvgIpc) is 2.96. The van der Waals surface area contributed by atoms with Gasteiger partial charge in [0, 0.05) is 11.2 Å². The number of benzene rings is 1. The average molecular weight is 380 g/mol. The Bertz CT molecular complexity index is 772. The van der Waals surface area contributed by atoms with Crippen molar-refractivity contribution in [2.24, 2.45) is 0 Å². The van der Waals surface area contributed by atoms with Gasteiger partial charge in [0.2, 0.25) is 17.0 Å². The zero-order valence-corrected chi connectivity index (χ0v) is 15.6. The Hall–Kier alpha value is -2.62. The molecule has 0 bridgehead atoms. The first-order valence-corrected chi connectivity index (χ1v) is 8.79. The van der Waals surface area contributed by atoms with Crippen LogP contribution in [0.15, 0.2) is 35.7 Å². The first-order valence-electron chi connectivity index (χ1n) is 7.80. The van der Waals surface area contributed by atoms with E-state index in [0.717, 1.165) is 11.8 Å². The number of nitrogens with zero attached hydrogens (tertiary/aromatic N) is 4. The van der Waals surface area contributed by atoms with Crippen molar-refractivity contribution in [2.45, 2.75) is 31.5 Å². The maximum Gasteiger partial charge on any atom is 0.244 e. The summed E-state index contributed by atoms with van der Waals surface area (Å²) < 4.78 is 14.2. The molecule has 0 aliphatic heterocycles. The lowest BCUT2D eigenvalue weighted by molar-refractivity contribution is -0.137. The monoisotopic (exact) mass is 380 g/mol. The Morgan fingerprint density at radius 3 is 2.50 bits per heavy atom. The van der Waals surface area contributed by atoms with E-state index in [9.17, 15) is 14.0 Å². The molecule has 2 aromatic rings. The molecule has 0 saturated carbocycles. The maximum atomic E-state index is 12.9. The molecule has 2 rings (SSSR count). The second-order valence-electron chi connectivity index (χ2n) is 6.52. The molecule has 0 atom stereocenters. The predicted octanol–water partition coefficient (Wildman–Crippen LogP) is 1.49. The molecule has 26 heavy (non-hydrogen) atoms. The molecule has 0 radical (unpaired) electrons. The fourth-order valence-corrected chi connectivity index (χ4v) is 2.83. The van der Waals surface area contributed by atoms with Gasteiger partial charge >= 0.3 is 0 Å². The van der Waals surface area contributed by atoms with Gasteiger partial charge in [-0.2, -0.15) is 0 Å². The molecule has 10 heteroatoms. The predicted molar refractivity (Wildman–Crippen MR) is 97.4 cm³/mol. The van der Waals surface area contributed by atoms with Crippen molar-refractivity contribution in [2.75, 3.05) is 23.5 Å². The third-order valence-corrected chi connectivity index (χ3v) is 4.35. The first-order chi connectivity index (χ1) is 12.2. The highest BCUT2D eigenvalue weighted by atomic mass is 32.2. The van der Waals surface area contributed by atoms with Crippen molar-refractivity contribution in [1.29, 1.82) is 0 Å². The number of carbonyl (C=O) groups is 2. The summed E-state index contributed by atoms with van der Waals surface area (Å²) in [4.78, 5) is 26.4. The van der Waals surface area contributed by atoms with Gasteiger partial charge in [0.05, 0.1) is 5.75 Å². The van der Waals surface area contributed by atoms with Crippen LogP contribution in [0.3, 0.4) is 0 Å². The van der Waals surface area contributed by atoms with Crippen molar-refractivity contribution < 1.29 is 14.0 Å². The molecule has 0 aliphatic carbocycles. The molecule has 2 amide bonds. The summed E-state index contributed by atoms with van der Waals surface area (Å²) in [5.74, 6) is 4.69. The van der Waals surface area contributed by atoms with Crippen molar-refractivity contribution in [3.05, 3.63) is 36.4 Å². The second kappa shape index (κ2) is 8.17. The van der Waals surface area contributed by atoms with Gasteiger partial charge in [0.1, 0.15) is 18.7 Å². The van der Waals surface area contributed by atoms with Crippen LogP contribution in [0.2, 0.25) is 0 Å². The van der Waals surface area contributed by atoms with E-state index >= 15 is 0 Å². The van der Waals surface area contributed by atoms with Crippen molar-refractivity contribution in [3.8, 4) is 0 Å². The Morgan fingerprint density at radius 2 is 1.96 bits per heavy atom. The summed E-state index contributed by atoms with van der Waals surface area (Å²) in [5.41, 5.74) is -0.0999. The number of aromatic nitrogens is 3. The third-order valence-electron chi connectivity index (χ3n) is 3.41. The van der Waals surface area contributed by atoms with E-state index in [0.29, 0.717) is 10.8 Å². The summed E-state index contributed by atoms with van der Waals surface area (Å²) in [6.45, 7) is 5.39.